The molecule has 5 aromatic carbocycles. The zero-order chi connectivity index (χ0) is 47.1. The number of amides is 4. The highest BCUT2D eigenvalue weighted by atomic mass is 32.2. The molecule has 4 amide bonds. The van der Waals surface area contributed by atoms with Crippen molar-refractivity contribution in [3.63, 3.8) is 0 Å². The van der Waals surface area contributed by atoms with Gasteiger partial charge in [0.25, 0.3) is 5.91 Å². The van der Waals surface area contributed by atoms with E-state index in [-0.39, 0.29) is 47.7 Å². The maximum atomic E-state index is 13.7. The van der Waals surface area contributed by atoms with E-state index < -0.39 is 11.9 Å². The van der Waals surface area contributed by atoms with E-state index >= 15 is 0 Å². The standard InChI is InChI=1S/C52H46N8O7S/c1-29-32(33-21-23-43(55-47(33)51(65)66)60-27-26-30-11-7-13-34(37(30)28-60)49(63)57-52-54-38-15-4-6-19-42(38)68-52)12-9-18-40(29)67-41-17-5-3-10-31(41)20-24-44(61)53-39-16-8-14-35-46(58-59(2)48(35)39)36-22-25-45(62)56-50(36)64/h3-19,21,23,36,52,54H,20,22,24-28H2,1-2H3,(H,53,61)(H,57,63)(H,65,66)(H,56,62,64). The average molecular weight is 927 g/mol. The number of para-hydroxylation sites is 3. The van der Waals surface area contributed by atoms with Crippen LogP contribution in [0.15, 0.2) is 120 Å². The first-order valence-electron chi connectivity index (χ1n) is 22.4. The van der Waals surface area contributed by atoms with E-state index in [4.69, 9.17) is 9.72 Å². The van der Waals surface area contributed by atoms with Crippen molar-refractivity contribution in [3.8, 4) is 22.6 Å². The third kappa shape index (κ3) is 8.61. The quantitative estimate of drug-likeness (QED) is 0.0737. The second-order valence-corrected chi connectivity index (χ2v) is 18.1. The van der Waals surface area contributed by atoms with Gasteiger partial charge in [0.05, 0.1) is 28.5 Å². The lowest BCUT2D eigenvalue weighted by Crippen LogP contribution is -2.39. The van der Waals surface area contributed by atoms with E-state index in [1.807, 2.05) is 109 Å². The fraction of sp³-hybridized carbons (Fsp3) is 0.212. The highest BCUT2D eigenvalue weighted by molar-refractivity contribution is 8.00. The Bertz CT molecular complexity index is 3180. The van der Waals surface area contributed by atoms with E-state index in [1.165, 1.54) is 0 Å². The minimum atomic E-state index is -1.18. The molecule has 2 atom stereocenters. The Morgan fingerprint density at radius 2 is 1.68 bits per heavy atom. The largest absolute Gasteiger partial charge is 0.476 e. The van der Waals surface area contributed by atoms with Gasteiger partial charge in [0.2, 0.25) is 17.7 Å². The van der Waals surface area contributed by atoms with Gasteiger partial charge in [-0.1, -0.05) is 78.5 Å². The number of nitrogens with one attached hydrogen (secondary N) is 4. The van der Waals surface area contributed by atoms with Crippen LogP contribution in [-0.2, 0) is 40.8 Å². The van der Waals surface area contributed by atoms with Crippen LogP contribution in [0, 0.1) is 6.92 Å². The fourth-order valence-corrected chi connectivity index (χ4v) is 10.3. The number of piperidine rings is 1. The number of carbonyl (C=O) groups excluding carboxylic acids is 4. The third-order valence-electron chi connectivity index (χ3n) is 12.7. The Morgan fingerprint density at radius 3 is 2.51 bits per heavy atom. The molecule has 0 bridgehead atoms. The minimum Gasteiger partial charge on any atom is -0.476 e. The molecule has 342 valence electrons. The molecule has 0 radical (unpaired) electrons. The molecule has 0 aliphatic carbocycles. The molecule has 2 aromatic heterocycles. The van der Waals surface area contributed by atoms with Crippen LogP contribution in [0.2, 0.25) is 0 Å². The molecule has 7 aromatic rings. The van der Waals surface area contributed by atoms with E-state index in [1.54, 1.807) is 41.7 Å². The van der Waals surface area contributed by atoms with E-state index in [2.05, 4.69) is 26.4 Å². The zero-order valence-corrected chi connectivity index (χ0v) is 38.0. The van der Waals surface area contributed by atoms with Gasteiger partial charge in [0, 0.05) is 54.4 Å². The van der Waals surface area contributed by atoms with Gasteiger partial charge in [0.1, 0.15) is 17.3 Å². The number of imide groups is 1. The Labute approximate surface area is 395 Å². The van der Waals surface area contributed by atoms with Crippen molar-refractivity contribution in [3.05, 3.63) is 154 Å². The monoisotopic (exact) mass is 926 g/mol. The normalized spacial score (nSPS) is 16.4. The third-order valence-corrected chi connectivity index (χ3v) is 13.8. The van der Waals surface area contributed by atoms with Crippen LogP contribution in [-0.4, -0.2) is 61.5 Å². The maximum Gasteiger partial charge on any atom is 0.355 e. The van der Waals surface area contributed by atoms with Crippen molar-refractivity contribution in [1.29, 1.82) is 0 Å². The molecule has 10 rings (SSSR count). The van der Waals surface area contributed by atoms with Gasteiger partial charge in [-0.15, -0.1) is 0 Å². The summed E-state index contributed by atoms with van der Waals surface area (Å²) in [6.07, 6.45) is 1.75. The van der Waals surface area contributed by atoms with Gasteiger partial charge in [-0.3, -0.25) is 29.2 Å². The Hall–Kier alpha value is -7.98. The number of hydrogen-bond donors (Lipinski definition) is 5. The molecule has 15 nitrogen and oxygen atoms in total. The van der Waals surface area contributed by atoms with Crippen LogP contribution in [0.5, 0.6) is 11.5 Å². The molecule has 5 heterocycles. The van der Waals surface area contributed by atoms with Gasteiger partial charge in [-0.25, -0.2) is 9.78 Å². The van der Waals surface area contributed by atoms with E-state index in [9.17, 15) is 29.1 Å². The van der Waals surface area contributed by atoms with Crippen LogP contribution in [0.1, 0.15) is 74.0 Å². The smallest absolute Gasteiger partial charge is 0.355 e. The second kappa shape index (κ2) is 18.4. The lowest BCUT2D eigenvalue weighted by molar-refractivity contribution is -0.134. The number of ether oxygens (including phenoxy) is 1. The number of carbonyl (C=O) groups is 5. The van der Waals surface area contributed by atoms with Crippen LogP contribution >= 0.6 is 11.8 Å². The maximum absolute atomic E-state index is 13.7. The lowest BCUT2D eigenvalue weighted by atomic mass is 9.92. The highest BCUT2D eigenvalue weighted by Crippen LogP contribution is 2.39. The van der Waals surface area contributed by atoms with Crippen molar-refractivity contribution in [1.82, 2.24) is 25.4 Å². The summed E-state index contributed by atoms with van der Waals surface area (Å²) in [5.74, 6) is -1.28. The van der Waals surface area contributed by atoms with Crippen molar-refractivity contribution >= 4 is 69.5 Å². The molecule has 2 unspecified atom stereocenters. The first-order chi connectivity index (χ1) is 33.0. The van der Waals surface area contributed by atoms with Crippen LogP contribution in [0.25, 0.3) is 22.0 Å². The van der Waals surface area contributed by atoms with Crippen molar-refractivity contribution in [2.75, 3.05) is 22.1 Å². The van der Waals surface area contributed by atoms with Gasteiger partial charge < -0.3 is 30.7 Å². The summed E-state index contributed by atoms with van der Waals surface area (Å²) in [5.41, 5.74) is 7.45. The summed E-state index contributed by atoms with van der Waals surface area (Å²) in [5, 5.41) is 27.8. The molecule has 16 heteroatoms. The number of benzene rings is 5. The highest BCUT2D eigenvalue weighted by Gasteiger charge is 2.33. The Balaban J connectivity index is 0.830. The number of aromatic carboxylic acids is 1. The Kier molecular flexibility index (Phi) is 11.9. The number of aromatic nitrogens is 3. The fourth-order valence-electron chi connectivity index (χ4n) is 9.33. The Morgan fingerprint density at radius 1 is 0.882 bits per heavy atom. The van der Waals surface area contributed by atoms with Crippen LogP contribution < -0.4 is 30.9 Å². The molecule has 0 saturated carbocycles. The average Bonchev–Trinajstić information content (AvgIpc) is 3.91. The van der Waals surface area contributed by atoms with Crippen molar-refractivity contribution in [2.24, 2.45) is 7.05 Å². The van der Waals surface area contributed by atoms with E-state index in [0.717, 1.165) is 32.7 Å². The number of rotatable bonds is 12. The number of thioether (sulfide) groups is 1. The van der Waals surface area contributed by atoms with Gasteiger partial charge in [-0.05, 0) is 103 Å². The number of carboxylic acid groups (broad SMARTS) is 1. The summed E-state index contributed by atoms with van der Waals surface area (Å²) < 4.78 is 8.18. The molecule has 5 N–H and O–H groups in total. The summed E-state index contributed by atoms with van der Waals surface area (Å²) >= 11 is 1.55. The predicted molar refractivity (Wildman–Crippen MR) is 259 cm³/mol. The first-order valence-corrected chi connectivity index (χ1v) is 23.2. The zero-order valence-electron chi connectivity index (χ0n) is 37.2. The van der Waals surface area contributed by atoms with Gasteiger partial charge in [0.15, 0.2) is 11.2 Å². The van der Waals surface area contributed by atoms with E-state index in [0.29, 0.717) is 88.8 Å². The molecule has 3 aliphatic heterocycles. The molecule has 1 saturated heterocycles. The van der Waals surface area contributed by atoms with Crippen LogP contribution in [0.4, 0.5) is 17.2 Å². The number of nitrogens with zero attached hydrogens (tertiary/aromatic N) is 4. The summed E-state index contributed by atoms with van der Waals surface area (Å²) in [6.45, 7) is 2.85. The summed E-state index contributed by atoms with van der Waals surface area (Å²) in [7, 11) is 1.76. The summed E-state index contributed by atoms with van der Waals surface area (Å²) in [4.78, 5) is 72.4. The number of anilines is 3. The molecule has 68 heavy (non-hydrogen) atoms. The number of aryl methyl sites for hydroxylation is 2. The molecule has 3 aliphatic rings. The predicted octanol–water partition coefficient (Wildman–Crippen LogP) is 8.32. The van der Waals surface area contributed by atoms with Gasteiger partial charge >= 0.3 is 5.97 Å². The molecule has 1 fully saturated rings. The summed E-state index contributed by atoms with van der Waals surface area (Å²) in [6, 6.07) is 35.7. The minimum absolute atomic E-state index is 0.108. The number of carboxylic acids is 1. The number of pyridine rings is 1. The van der Waals surface area contributed by atoms with Crippen molar-refractivity contribution < 1.29 is 33.8 Å². The molecular formula is C52H46N8O7S. The van der Waals surface area contributed by atoms with Crippen molar-refractivity contribution in [2.45, 2.75) is 61.9 Å². The number of fused-ring (bicyclic) bond motifs is 3. The topological polar surface area (TPSA) is 197 Å². The number of hydrogen-bond acceptors (Lipinski definition) is 11. The first kappa shape index (κ1) is 43.9. The second-order valence-electron chi connectivity index (χ2n) is 17.0. The van der Waals surface area contributed by atoms with Gasteiger partial charge in [-0.2, -0.15) is 5.10 Å². The SMILES string of the molecule is Cc1c(Oc2ccccc2CCC(=O)Nc2cccc3c(C4CCC(=O)NC4=O)nn(C)c23)cccc1-c1ccc(N2CCc3cccc(C(=O)NC4Nc5ccccc5S4)c3C2)nc1C(=O)O. The van der Waals surface area contributed by atoms with Crippen LogP contribution in [0.3, 0.4) is 0 Å². The molecule has 0 spiro atoms. The lowest BCUT2D eigenvalue weighted by Gasteiger charge is -2.31. The molecular weight excluding hydrogens is 881 g/mol.